The Morgan fingerprint density at radius 1 is 1.12 bits per heavy atom. The maximum absolute atomic E-state index is 15.0. The zero-order chi connectivity index (χ0) is 28.8. The molecule has 40 heavy (non-hydrogen) atoms. The summed E-state index contributed by atoms with van der Waals surface area (Å²) in [6, 6.07) is 6.88. The van der Waals surface area contributed by atoms with Crippen LogP contribution in [0.15, 0.2) is 48.9 Å². The molecule has 0 unspecified atom stereocenters. The van der Waals surface area contributed by atoms with Crippen LogP contribution in [0, 0.1) is 17.6 Å². The molecule has 0 bridgehead atoms. The molecule has 0 spiro atoms. The Morgan fingerprint density at radius 2 is 1.85 bits per heavy atom. The summed E-state index contributed by atoms with van der Waals surface area (Å²) in [5.74, 6) is -1.28. The average molecular weight is 571 g/mol. The Kier molecular flexibility index (Phi) is 7.49. The number of ether oxygens (including phenoxy) is 1. The molecular formula is C28H32F2N6O3S. The third kappa shape index (κ3) is 5.50. The second-order valence-corrected chi connectivity index (χ2v) is 13.0. The standard InChI is InChI=1S/C28H32F2N6O3S/c1-15(2)39-19-11-21(29)26(22(30)12-19)24-6-5-18-13-33-28(36(18)35-24)34-25-14-32-8-7-20(25)17-9-16(3)27(23(31)10-17)40(4,37)38/h5-8,11-17,23,27H,9-10,31H2,1-4H3,(H,33,34)/t16-,17+,23+,27+/m0/s1. The van der Waals surface area contributed by atoms with E-state index in [0.29, 0.717) is 30.0 Å². The number of hydrogen-bond donors (Lipinski definition) is 2. The molecule has 0 saturated heterocycles. The number of fused-ring (bicyclic) bond motifs is 1. The highest BCUT2D eigenvalue weighted by Gasteiger charge is 2.40. The molecule has 12 heteroatoms. The van der Waals surface area contributed by atoms with E-state index in [1.54, 1.807) is 38.5 Å². The van der Waals surface area contributed by atoms with Crippen molar-refractivity contribution >= 4 is 27.0 Å². The van der Waals surface area contributed by atoms with Gasteiger partial charge in [0.05, 0.1) is 46.2 Å². The number of anilines is 2. The van der Waals surface area contributed by atoms with Crippen molar-refractivity contribution in [1.82, 2.24) is 19.6 Å². The lowest BCUT2D eigenvalue weighted by molar-refractivity contribution is 0.240. The molecule has 0 radical (unpaired) electrons. The van der Waals surface area contributed by atoms with Gasteiger partial charge in [0.2, 0.25) is 5.95 Å². The highest BCUT2D eigenvalue weighted by Crippen LogP contribution is 2.41. The number of nitrogens with zero attached hydrogens (tertiary/aromatic N) is 4. The fourth-order valence-electron chi connectivity index (χ4n) is 5.78. The third-order valence-corrected chi connectivity index (χ3v) is 9.06. The van der Waals surface area contributed by atoms with Gasteiger partial charge in [-0.2, -0.15) is 9.61 Å². The number of hydrogen-bond acceptors (Lipinski definition) is 8. The van der Waals surface area contributed by atoms with Crippen LogP contribution in [-0.2, 0) is 9.84 Å². The van der Waals surface area contributed by atoms with Crippen molar-refractivity contribution in [3.63, 3.8) is 0 Å². The van der Waals surface area contributed by atoms with Crippen molar-refractivity contribution in [1.29, 1.82) is 0 Å². The SMILES string of the molecule is CC(C)Oc1cc(F)c(-c2ccc3cnc(Nc4cnccc4[C@H]4C[C@@H](N)[C@H](S(C)(=O)=O)[C@@H](C)C4)n3n2)c(F)c1. The van der Waals surface area contributed by atoms with Crippen LogP contribution in [0.5, 0.6) is 5.75 Å². The zero-order valence-corrected chi connectivity index (χ0v) is 23.5. The summed E-state index contributed by atoms with van der Waals surface area (Å²) in [6.07, 6.45) is 7.08. The molecule has 3 N–H and O–H groups in total. The van der Waals surface area contributed by atoms with Crippen molar-refractivity contribution in [2.45, 2.75) is 56.9 Å². The molecule has 0 amide bonds. The second-order valence-electron chi connectivity index (χ2n) is 10.8. The first-order valence-electron chi connectivity index (χ1n) is 13.1. The van der Waals surface area contributed by atoms with Gasteiger partial charge in [-0.1, -0.05) is 6.92 Å². The van der Waals surface area contributed by atoms with Crippen molar-refractivity contribution in [2.75, 3.05) is 11.6 Å². The first-order chi connectivity index (χ1) is 18.9. The quantitative estimate of drug-likeness (QED) is 0.323. The van der Waals surface area contributed by atoms with Gasteiger partial charge in [0.1, 0.15) is 17.4 Å². The first-order valence-corrected chi connectivity index (χ1v) is 15.0. The van der Waals surface area contributed by atoms with Crippen molar-refractivity contribution in [3.8, 4) is 17.0 Å². The Morgan fingerprint density at radius 3 is 2.50 bits per heavy atom. The molecule has 3 aromatic heterocycles. The van der Waals surface area contributed by atoms with Crippen LogP contribution in [0.3, 0.4) is 0 Å². The fourth-order valence-corrected chi connectivity index (χ4v) is 7.48. The zero-order valence-electron chi connectivity index (χ0n) is 22.7. The largest absolute Gasteiger partial charge is 0.491 e. The molecule has 9 nitrogen and oxygen atoms in total. The van der Waals surface area contributed by atoms with Crippen molar-refractivity contribution in [2.24, 2.45) is 11.7 Å². The third-order valence-electron chi connectivity index (χ3n) is 7.26. The van der Waals surface area contributed by atoms with E-state index in [1.165, 1.54) is 16.8 Å². The predicted octanol–water partition coefficient (Wildman–Crippen LogP) is 4.85. The topological polar surface area (TPSA) is 124 Å². The number of rotatable bonds is 7. The lowest BCUT2D eigenvalue weighted by Gasteiger charge is -2.38. The molecule has 4 aromatic rings. The number of benzene rings is 1. The summed E-state index contributed by atoms with van der Waals surface area (Å²) < 4.78 is 61.5. The average Bonchev–Trinajstić information content (AvgIpc) is 3.24. The van der Waals surface area contributed by atoms with Gasteiger partial charge in [-0.3, -0.25) is 4.98 Å². The lowest BCUT2D eigenvalue weighted by atomic mass is 9.76. The maximum Gasteiger partial charge on any atom is 0.229 e. The summed E-state index contributed by atoms with van der Waals surface area (Å²) in [7, 11) is -3.28. The van der Waals surface area contributed by atoms with E-state index in [0.717, 1.165) is 17.7 Å². The van der Waals surface area contributed by atoms with Gasteiger partial charge in [0.25, 0.3) is 0 Å². The molecule has 0 aliphatic heterocycles. The van der Waals surface area contributed by atoms with Crippen LogP contribution in [0.25, 0.3) is 16.8 Å². The van der Waals surface area contributed by atoms with Crippen LogP contribution in [0.1, 0.15) is 45.1 Å². The Bertz CT molecular complexity index is 1620. The maximum atomic E-state index is 15.0. The summed E-state index contributed by atoms with van der Waals surface area (Å²) >= 11 is 0. The van der Waals surface area contributed by atoms with Gasteiger partial charge >= 0.3 is 0 Å². The van der Waals surface area contributed by atoms with Crippen LogP contribution in [0.4, 0.5) is 20.4 Å². The van der Waals surface area contributed by atoms with E-state index in [-0.39, 0.29) is 34.9 Å². The number of pyridine rings is 1. The minimum atomic E-state index is -3.28. The Balaban J connectivity index is 1.47. The Hall–Kier alpha value is -3.64. The minimum absolute atomic E-state index is 0.00184. The molecule has 5 rings (SSSR count). The smallest absolute Gasteiger partial charge is 0.229 e. The highest BCUT2D eigenvalue weighted by molar-refractivity contribution is 7.91. The van der Waals surface area contributed by atoms with Gasteiger partial charge in [-0.25, -0.2) is 22.2 Å². The van der Waals surface area contributed by atoms with E-state index >= 15 is 0 Å². The van der Waals surface area contributed by atoms with Crippen molar-refractivity contribution in [3.05, 3.63) is 66.1 Å². The minimum Gasteiger partial charge on any atom is -0.491 e. The molecule has 212 valence electrons. The predicted molar refractivity (Wildman–Crippen MR) is 149 cm³/mol. The molecule has 1 aromatic carbocycles. The van der Waals surface area contributed by atoms with Gasteiger partial charge in [0, 0.05) is 30.6 Å². The van der Waals surface area contributed by atoms with Crippen molar-refractivity contribution < 1.29 is 21.9 Å². The van der Waals surface area contributed by atoms with E-state index in [2.05, 4.69) is 20.4 Å². The van der Waals surface area contributed by atoms with Gasteiger partial charge < -0.3 is 15.8 Å². The lowest BCUT2D eigenvalue weighted by Crippen LogP contribution is -2.48. The fraction of sp³-hybridized carbons (Fsp3) is 0.393. The summed E-state index contributed by atoms with van der Waals surface area (Å²) in [5.41, 5.74) is 8.38. The van der Waals surface area contributed by atoms with E-state index < -0.39 is 32.8 Å². The number of nitrogens with two attached hydrogens (primary N) is 1. The molecule has 4 atom stereocenters. The van der Waals surface area contributed by atoms with Gasteiger partial charge in [-0.05, 0) is 62.3 Å². The van der Waals surface area contributed by atoms with E-state index in [9.17, 15) is 17.2 Å². The van der Waals surface area contributed by atoms with Gasteiger partial charge in [-0.15, -0.1) is 0 Å². The molecular weight excluding hydrogens is 538 g/mol. The number of imidazole rings is 1. The second kappa shape index (κ2) is 10.7. The molecule has 1 fully saturated rings. The molecule has 1 saturated carbocycles. The number of halogens is 2. The normalized spacial score (nSPS) is 21.6. The summed E-state index contributed by atoms with van der Waals surface area (Å²) in [5, 5.41) is 7.15. The van der Waals surface area contributed by atoms with Crippen LogP contribution in [-0.4, -0.2) is 51.7 Å². The number of aromatic nitrogens is 4. The van der Waals surface area contributed by atoms with Crippen LogP contribution >= 0.6 is 0 Å². The molecule has 1 aliphatic carbocycles. The first kappa shape index (κ1) is 27.9. The molecule has 1 aliphatic rings. The van der Waals surface area contributed by atoms with Crippen LogP contribution in [0.2, 0.25) is 0 Å². The van der Waals surface area contributed by atoms with E-state index in [1.807, 2.05) is 13.0 Å². The highest BCUT2D eigenvalue weighted by atomic mass is 32.2. The van der Waals surface area contributed by atoms with Gasteiger partial charge in [0.15, 0.2) is 9.84 Å². The number of nitrogens with one attached hydrogen (secondary N) is 1. The molecule has 3 heterocycles. The Labute approximate surface area is 231 Å². The summed E-state index contributed by atoms with van der Waals surface area (Å²) in [6.45, 7) is 5.46. The summed E-state index contributed by atoms with van der Waals surface area (Å²) in [4.78, 5) is 8.68. The van der Waals surface area contributed by atoms with Crippen LogP contribution < -0.4 is 15.8 Å². The number of sulfone groups is 1. The van der Waals surface area contributed by atoms with E-state index in [4.69, 9.17) is 10.5 Å². The monoisotopic (exact) mass is 570 g/mol.